The number of hydrogen-bond acceptors (Lipinski definition) is 3. The Morgan fingerprint density at radius 1 is 1.35 bits per heavy atom. The third-order valence-electron chi connectivity index (χ3n) is 2.11. The molecule has 0 saturated carbocycles. The van der Waals surface area contributed by atoms with Gasteiger partial charge in [-0.3, -0.25) is 0 Å². The summed E-state index contributed by atoms with van der Waals surface area (Å²) in [6.07, 6.45) is 0. The molecular weight excluding hydrogens is 289 g/mol. The Kier molecular flexibility index (Phi) is 5.23. The van der Waals surface area contributed by atoms with Crippen molar-refractivity contribution in [3.05, 3.63) is 23.0 Å². The van der Waals surface area contributed by atoms with Crippen LogP contribution in [0.15, 0.2) is 6.07 Å². The lowest BCUT2D eigenvalue weighted by Gasteiger charge is -2.14. The van der Waals surface area contributed by atoms with Crippen molar-refractivity contribution >= 4 is 15.9 Å². The Morgan fingerprint density at radius 2 is 2.00 bits per heavy atom. The highest BCUT2D eigenvalue weighted by Crippen LogP contribution is 2.35. The standard InChI is InChI=1S/C12H13BrFNO2/c1-3-16-10-5-8(6-13)9(7-15)11(14)12(10)17-4-2/h5H,3-4,6H2,1-2H3. The molecule has 0 aromatic heterocycles. The number of ether oxygens (including phenoxy) is 2. The van der Waals surface area contributed by atoms with E-state index < -0.39 is 5.82 Å². The van der Waals surface area contributed by atoms with Crippen LogP contribution in [0.2, 0.25) is 0 Å². The van der Waals surface area contributed by atoms with Crippen molar-refractivity contribution in [1.29, 1.82) is 5.26 Å². The van der Waals surface area contributed by atoms with Gasteiger partial charge < -0.3 is 9.47 Å². The molecule has 0 saturated heterocycles. The summed E-state index contributed by atoms with van der Waals surface area (Å²) in [5, 5.41) is 9.32. The summed E-state index contributed by atoms with van der Waals surface area (Å²) in [5.74, 6) is -0.314. The average Bonchev–Trinajstić information content (AvgIpc) is 2.33. The summed E-state index contributed by atoms with van der Waals surface area (Å²) in [7, 11) is 0. The van der Waals surface area contributed by atoms with E-state index in [-0.39, 0.29) is 11.3 Å². The van der Waals surface area contributed by atoms with Gasteiger partial charge in [0, 0.05) is 5.33 Å². The summed E-state index contributed by atoms with van der Waals surface area (Å²) in [6.45, 7) is 4.28. The van der Waals surface area contributed by atoms with E-state index >= 15 is 0 Å². The highest BCUT2D eigenvalue weighted by molar-refractivity contribution is 9.08. The zero-order valence-corrected chi connectivity index (χ0v) is 11.3. The highest BCUT2D eigenvalue weighted by atomic mass is 79.9. The second-order valence-electron chi connectivity index (χ2n) is 3.16. The topological polar surface area (TPSA) is 42.2 Å². The van der Waals surface area contributed by atoms with Crippen molar-refractivity contribution in [2.75, 3.05) is 13.2 Å². The van der Waals surface area contributed by atoms with Crippen LogP contribution in [0.1, 0.15) is 25.0 Å². The van der Waals surface area contributed by atoms with Crippen molar-refractivity contribution < 1.29 is 13.9 Å². The number of nitriles is 1. The molecule has 0 aliphatic carbocycles. The number of halogens is 2. The van der Waals surface area contributed by atoms with Crippen molar-refractivity contribution in [2.24, 2.45) is 0 Å². The number of rotatable bonds is 5. The Morgan fingerprint density at radius 3 is 2.47 bits per heavy atom. The van der Waals surface area contributed by atoms with Crippen LogP contribution in [0.3, 0.4) is 0 Å². The minimum absolute atomic E-state index is 0.00576. The quantitative estimate of drug-likeness (QED) is 0.783. The molecule has 0 bridgehead atoms. The third kappa shape index (κ3) is 2.89. The Hall–Kier alpha value is -1.28. The van der Waals surface area contributed by atoms with Crippen molar-refractivity contribution in [1.82, 2.24) is 0 Å². The number of benzene rings is 1. The molecule has 0 aliphatic heterocycles. The van der Waals surface area contributed by atoms with E-state index in [0.717, 1.165) is 0 Å². The molecular formula is C12H13BrFNO2. The summed E-state index contributed by atoms with van der Waals surface area (Å²) in [5.41, 5.74) is 0.547. The van der Waals surface area contributed by atoms with Crippen LogP contribution in [-0.2, 0) is 5.33 Å². The lowest BCUT2D eigenvalue weighted by Crippen LogP contribution is -2.04. The normalized spacial score (nSPS) is 9.82. The molecule has 1 rings (SSSR count). The monoisotopic (exact) mass is 301 g/mol. The molecule has 0 radical (unpaired) electrons. The molecule has 0 N–H and O–H groups in total. The Labute approximate surface area is 108 Å². The summed E-state index contributed by atoms with van der Waals surface area (Å²) in [4.78, 5) is 0. The Balaban J connectivity index is 3.39. The summed E-state index contributed by atoms with van der Waals surface area (Å²) < 4.78 is 24.6. The van der Waals surface area contributed by atoms with E-state index in [0.29, 0.717) is 29.9 Å². The van der Waals surface area contributed by atoms with E-state index in [1.165, 1.54) is 0 Å². The molecule has 0 atom stereocenters. The van der Waals surface area contributed by atoms with Crippen LogP contribution in [-0.4, -0.2) is 13.2 Å². The molecule has 5 heteroatoms. The van der Waals surface area contributed by atoms with Gasteiger partial charge in [0.05, 0.1) is 18.8 Å². The van der Waals surface area contributed by atoms with Gasteiger partial charge in [0.15, 0.2) is 17.3 Å². The van der Waals surface area contributed by atoms with Gasteiger partial charge in [-0.2, -0.15) is 5.26 Å². The first-order chi connectivity index (χ1) is 8.19. The first kappa shape index (κ1) is 13.8. The molecule has 0 fully saturated rings. The van der Waals surface area contributed by atoms with Crippen molar-refractivity contribution in [2.45, 2.75) is 19.2 Å². The zero-order chi connectivity index (χ0) is 12.8. The molecule has 0 aliphatic rings. The molecule has 0 spiro atoms. The van der Waals surface area contributed by atoms with E-state index in [4.69, 9.17) is 14.7 Å². The maximum absolute atomic E-state index is 14.0. The van der Waals surface area contributed by atoms with Gasteiger partial charge in [0.1, 0.15) is 6.07 Å². The van der Waals surface area contributed by atoms with Crippen LogP contribution < -0.4 is 9.47 Å². The van der Waals surface area contributed by atoms with E-state index in [9.17, 15) is 4.39 Å². The molecule has 0 unspecified atom stereocenters. The zero-order valence-electron chi connectivity index (χ0n) is 9.72. The summed E-state index contributed by atoms with van der Waals surface area (Å²) >= 11 is 3.22. The van der Waals surface area contributed by atoms with Crippen molar-refractivity contribution in [3.63, 3.8) is 0 Å². The van der Waals surface area contributed by atoms with Gasteiger partial charge in [0.2, 0.25) is 0 Å². The van der Waals surface area contributed by atoms with Gasteiger partial charge in [-0.1, -0.05) is 15.9 Å². The third-order valence-corrected chi connectivity index (χ3v) is 2.72. The van der Waals surface area contributed by atoms with Crippen LogP contribution in [0.4, 0.5) is 4.39 Å². The number of nitrogens with zero attached hydrogens (tertiary/aromatic N) is 1. The predicted molar refractivity (Wildman–Crippen MR) is 66.1 cm³/mol. The fourth-order valence-corrected chi connectivity index (χ4v) is 1.87. The maximum Gasteiger partial charge on any atom is 0.198 e. The van der Waals surface area contributed by atoms with E-state index in [1.54, 1.807) is 19.9 Å². The van der Waals surface area contributed by atoms with Crippen LogP contribution in [0.25, 0.3) is 0 Å². The second kappa shape index (κ2) is 6.45. The molecule has 17 heavy (non-hydrogen) atoms. The fraction of sp³-hybridized carbons (Fsp3) is 0.417. The molecule has 1 aromatic rings. The molecule has 0 amide bonds. The first-order valence-corrected chi connectivity index (χ1v) is 6.38. The number of hydrogen-bond donors (Lipinski definition) is 0. The maximum atomic E-state index is 14.0. The Bertz CT molecular complexity index is 443. The predicted octanol–water partition coefficient (Wildman–Crippen LogP) is 3.39. The highest BCUT2D eigenvalue weighted by Gasteiger charge is 2.19. The SMILES string of the molecule is CCOc1cc(CBr)c(C#N)c(F)c1OCC. The second-order valence-corrected chi connectivity index (χ2v) is 3.72. The minimum Gasteiger partial charge on any atom is -0.490 e. The van der Waals surface area contributed by atoms with Gasteiger partial charge in [0.25, 0.3) is 0 Å². The smallest absolute Gasteiger partial charge is 0.198 e. The van der Waals surface area contributed by atoms with Crippen LogP contribution >= 0.6 is 15.9 Å². The lowest BCUT2D eigenvalue weighted by molar-refractivity contribution is 0.275. The molecule has 92 valence electrons. The molecule has 0 heterocycles. The first-order valence-electron chi connectivity index (χ1n) is 5.26. The van der Waals surface area contributed by atoms with Gasteiger partial charge >= 0.3 is 0 Å². The van der Waals surface area contributed by atoms with Crippen LogP contribution in [0, 0.1) is 17.1 Å². The fourth-order valence-electron chi connectivity index (χ4n) is 1.43. The van der Waals surface area contributed by atoms with Gasteiger partial charge in [-0.05, 0) is 25.5 Å². The largest absolute Gasteiger partial charge is 0.490 e. The minimum atomic E-state index is -0.658. The molecule has 1 aromatic carbocycles. The average molecular weight is 302 g/mol. The van der Waals surface area contributed by atoms with Crippen molar-refractivity contribution in [3.8, 4) is 17.6 Å². The molecule has 3 nitrogen and oxygen atoms in total. The lowest BCUT2D eigenvalue weighted by atomic mass is 10.1. The van der Waals surface area contributed by atoms with E-state index in [1.807, 2.05) is 6.07 Å². The van der Waals surface area contributed by atoms with Gasteiger partial charge in [-0.25, -0.2) is 4.39 Å². The summed E-state index contributed by atoms with van der Waals surface area (Å²) in [6, 6.07) is 3.47. The number of alkyl halides is 1. The van der Waals surface area contributed by atoms with E-state index in [2.05, 4.69) is 15.9 Å². The van der Waals surface area contributed by atoms with Gasteiger partial charge in [-0.15, -0.1) is 0 Å². The van der Waals surface area contributed by atoms with Crippen LogP contribution in [0.5, 0.6) is 11.5 Å².